The molecule has 2 aromatic heterocycles. The summed E-state index contributed by atoms with van der Waals surface area (Å²) < 4.78 is 6.73. The van der Waals surface area contributed by atoms with E-state index in [2.05, 4.69) is 20.6 Å². The highest BCUT2D eigenvalue weighted by Gasteiger charge is 2.28. The van der Waals surface area contributed by atoms with E-state index in [0.29, 0.717) is 18.9 Å². The highest BCUT2D eigenvalue weighted by Crippen LogP contribution is 2.39. The Morgan fingerprint density at radius 2 is 2.42 bits per heavy atom. The maximum atomic E-state index is 11.8. The molecule has 0 atom stereocenters. The van der Waals surface area contributed by atoms with Crippen LogP contribution in [-0.4, -0.2) is 32.4 Å². The molecule has 0 radical (unpaired) electrons. The molecule has 19 heavy (non-hydrogen) atoms. The predicted octanol–water partition coefficient (Wildman–Crippen LogP) is 0.653. The number of nitrogens with one attached hydrogen (secondary N) is 1. The second-order valence-electron chi connectivity index (χ2n) is 4.70. The molecule has 1 aliphatic rings. The Bertz CT molecular complexity index is 584. The molecule has 0 aliphatic heterocycles. The van der Waals surface area contributed by atoms with Crippen LogP contribution < -0.4 is 5.32 Å². The fourth-order valence-electron chi connectivity index (χ4n) is 1.89. The lowest BCUT2D eigenvalue weighted by atomic mass is 10.2. The molecule has 1 N–H and O–H groups in total. The summed E-state index contributed by atoms with van der Waals surface area (Å²) in [6, 6.07) is 1.73. The molecule has 7 heteroatoms. The van der Waals surface area contributed by atoms with Gasteiger partial charge in [-0.25, -0.2) is 4.98 Å². The van der Waals surface area contributed by atoms with Crippen molar-refractivity contribution in [2.45, 2.75) is 25.2 Å². The van der Waals surface area contributed by atoms with E-state index in [-0.39, 0.29) is 11.7 Å². The molecule has 3 rings (SSSR count). The maximum absolute atomic E-state index is 11.8. The SMILES string of the molecule is Cn1ncnc1CCNC(=O)c1cc(C2CC2)no1. The van der Waals surface area contributed by atoms with Crippen molar-refractivity contribution >= 4 is 5.91 Å². The third-order valence-electron chi connectivity index (χ3n) is 3.19. The molecule has 1 saturated carbocycles. The van der Waals surface area contributed by atoms with Crippen LogP contribution in [0.1, 0.15) is 40.8 Å². The lowest BCUT2D eigenvalue weighted by molar-refractivity contribution is 0.0917. The Labute approximate surface area is 110 Å². The van der Waals surface area contributed by atoms with Crippen LogP contribution in [0.2, 0.25) is 0 Å². The molecular weight excluding hydrogens is 246 g/mol. The smallest absolute Gasteiger partial charge is 0.289 e. The van der Waals surface area contributed by atoms with Gasteiger partial charge in [-0.3, -0.25) is 9.48 Å². The fourth-order valence-corrected chi connectivity index (χ4v) is 1.89. The van der Waals surface area contributed by atoms with Gasteiger partial charge in [-0.05, 0) is 12.8 Å². The molecule has 2 aromatic rings. The molecule has 0 unspecified atom stereocenters. The number of carbonyl (C=O) groups is 1. The van der Waals surface area contributed by atoms with Crippen molar-refractivity contribution in [2.75, 3.05) is 6.54 Å². The third-order valence-corrected chi connectivity index (χ3v) is 3.19. The van der Waals surface area contributed by atoms with E-state index in [4.69, 9.17) is 4.52 Å². The van der Waals surface area contributed by atoms with Gasteiger partial charge in [0.2, 0.25) is 5.76 Å². The van der Waals surface area contributed by atoms with E-state index in [0.717, 1.165) is 24.4 Å². The van der Waals surface area contributed by atoms with Crippen LogP contribution >= 0.6 is 0 Å². The van der Waals surface area contributed by atoms with E-state index in [1.165, 1.54) is 6.33 Å². The van der Waals surface area contributed by atoms with Crippen molar-refractivity contribution in [1.82, 2.24) is 25.2 Å². The highest BCUT2D eigenvalue weighted by atomic mass is 16.5. The van der Waals surface area contributed by atoms with Gasteiger partial charge in [-0.1, -0.05) is 5.16 Å². The number of nitrogens with zero attached hydrogens (tertiary/aromatic N) is 4. The second kappa shape index (κ2) is 4.83. The average Bonchev–Trinajstić information content (AvgIpc) is 2.99. The van der Waals surface area contributed by atoms with Crippen molar-refractivity contribution < 1.29 is 9.32 Å². The number of aryl methyl sites for hydroxylation is 1. The van der Waals surface area contributed by atoms with Gasteiger partial charge >= 0.3 is 0 Å². The molecule has 0 aromatic carbocycles. The van der Waals surface area contributed by atoms with Crippen LogP contribution in [0.15, 0.2) is 16.9 Å². The van der Waals surface area contributed by atoms with Crippen molar-refractivity contribution in [1.29, 1.82) is 0 Å². The summed E-state index contributed by atoms with van der Waals surface area (Å²) in [5, 5.41) is 10.7. The first-order valence-electron chi connectivity index (χ1n) is 6.31. The minimum Gasteiger partial charge on any atom is -0.351 e. The molecule has 2 heterocycles. The van der Waals surface area contributed by atoms with E-state index in [9.17, 15) is 4.79 Å². The van der Waals surface area contributed by atoms with E-state index < -0.39 is 0 Å². The van der Waals surface area contributed by atoms with E-state index >= 15 is 0 Å². The standard InChI is InChI=1S/C12H15N5O2/c1-17-11(14-7-15-17)4-5-13-12(18)10-6-9(16-19-10)8-2-3-8/h6-8H,2-5H2,1H3,(H,13,18). The van der Waals surface area contributed by atoms with Crippen LogP contribution in [0.3, 0.4) is 0 Å². The summed E-state index contributed by atoms with van der Waals surface area (Å²) in [7, 11) is 1.82. The molecule has 0 saturated heterocycles. The van der Waals surface area contributed by atoms with E-state index in [1.54, 1.807) is 10.7 Å². The van der Waals surface area contributed by atoms with Crippen LogP contribution in [0.4, 0.5) is 0 Å². The number of hydrogen-bond donors (Lipinski definition) is 1. The largest absolute Gasteiger partial charge is 0.351 e. The average molecular weight is 261 g/mol. The zero-order valence-electron chi connectivity index (χ0n) is 10.7. The molecule has 0 spiro atoms. The lowest BCUT2D eigenvalue weighted by Crippen LogP contribution is -2.26. The Hall–Kier alpha value is -2.18. The summed E-state index contributed by atoms with van der Waals surface area (Å²) in [6.07, 6.45) is 4.40. The number of hydrogen-bond acceptors (Lipinski definition) is 5. The van der Waals surface area contributed by atoms with Crippen molar-refractivity contribution in [2.24, 2.45) is 7.05 Å². The maximum Gasteiger partial charge on any atom is 0.289 e. The Kier molecular flexibility index (Phi) is 3.02. The molecular formula is C12H15N5O2. The third kappa shape index (κ3) is 2.64. The van der Waals surface area contributed by atoms with Gasteiger partial charge in [0.05, 0.1) is 5.69 Å². The summed E-state index contributed by atoms with van der Waals surface area (Å²) in [5.41, 5.74) is 0.887. The zero-order chi connectivity index (χ0) is 13.2. The van der Waals surface area contributed by atoms with Crippen molar-refractivity contribution in [3.8, 4) is 0 Å². The second-order valence-corrected chi connectivity index (χ2v) is 4.70. The summed E-state index contributed by atoms with van der Waals surface area (Å²) in [6.45, 7) is 0.491. The first-order valence-corrected chi connectivity index (χ1v) is 6.31. The predicted molar refractivity (Wildman–Crippen MR) is 65.5 cm³/mol. The topological polar surface area (TPSA) is 85.8 Å². The van der Waals surface area contributed by atoms with Gasteiger partial charge in [-0.2, -0.15) is 5.10 Å². The van der Waals surface area contributed by atoms with Crippen LogP contribution in [0.25, 0.3) is 0 Å². The first-order chi connectivity index (χ1) is 9.24. The Balaban J connectivity index is 1.51. The van der Waals surface area contributed by atoms with Gasteiger partial charge in [0.15, 0.2) is 0 Å². The number of carbonyl (C=O) groups excluding carboxylic acids is 1. The number of amides is 1. The van der Waals surface area contributed by atoms with Gasteiger partial charge < -0.3 is 9.84 Å². The molecule has 1 fully saturated rings. The van der Waals surface area contributed by atoms with Crippen LogP contribution in [0, 0.1) is 0 Å². The van der Waals surface area contributed by atoms with Gasteiger partial charge in [0, 0.05) is 32.0 Å². The summed E-state index contributed by atoms with van der Waals surface area (Å²) in [4.78, 5) is 15.9. The molecule has 100 valence electrons. The number of rotatable bonds is 5. The fraction of sp³-hybridized carbons (Fsp3) is 0.500. The molecule has 7 nitrogen and oxygen atoms in total. The minimum absolute atomic E-state index is 0.235. The lowest BCUT2D eigenvalue weighted by Gasteiger charge is -2.01. The minimum atomic E-state index is -0.235. The Morgan fingerprint density at radius 3 is 3.11 bits per heavy atom. The van der Waals surface area contributed by atoms with E-state index in [1.807, 2.05) is 7.05 Å². The quantitative estimate of drug-likeness (QED) is 0.854. The summed E-state index contributed by atoms with van der Waals surface area (Å²) >= 11 is 0. The van der Waals surface area contributed by atoms with Gasteiger partial charge in [0.25, 0.3) is 5.91 Å². The molecule has 1 aliphatic carbocycles. The van der Waals surface area contributed by atoms with Gasteiger partial charge in [-0.15, -0.1) is 0 Å². The van der Waals surface area contributed by atoms with Crippen molar-refractivity contribution in [3.05, 3.63) is 29.7 Å². The van der Waals surface area contributed by atoms with Crippen LogP contribution in [0.5, 0.6) is 0 Å². The Morgan fingerprint density at radius 1 is 1.58 bits per heavy atom. The van der Waals surface area contributed by atoms with Crippen molar-refractivity contribution in [3.63, 3.8) is 0 Å². The number of aromatic nitrogens is 4. The molecule has 0 bridgehead atoms. The van der Waals surface area contributed by atoms with Gasteiger partial charge in [0.1, 0.15) is 12.2 Å². The first kappa shape index (κ1) is 11.9. The zero-order valence-corrected chi connectivity index (χ0v) is 10.7. The summed E-state index contributed by atoms with van der Waals surface area (Å²) in [5.74, 6) is 1.36. The van der Waals surface area contributed by atoms with Crippen LogP contribution in [-0.2, 0) is 13.5 Å². The highest BCUT2D eigenvalue weighted by molar-refractivity contribution is 5.91. The normalized spacial score (nSPS) is 14.6. The molecule has 1 amide bonds. The monoisotopic (exact) mass is 261 g/mol.